The van der Waals surface area contributed by atoms with E-state index in [0.29, 0.717) is 29.2 Å². The molecule has 0 unspecified atom stereocenters. The highest BCUT2D eigenvalue weighted by molar-refractivity contribution is 7.99. The third-order valence-corrected chi connectivity index (χ3v) is 4.80. The van der Waals surface area contributed by atoms with Crippen molar-refractivity contribution in [2.75, 3.05) is 11.1 Å². The summed E-state index contributed by atoms with van der Waals surface area (Å²) >= 11 is 7.46. The molecule has 2 N–H and O–H groups in total. The van der Waals surface area contributed by atoms with E-state index in [1.165, 1.54) is 0 Å². The van der Waals surface area contributed by atoms with Crippen LogP contribution in [0.3, 0.4) is 0 Å². The quantitative estimate of drug-likeness (QED) is 0.890. The summed E-state index contributed by atoms with van der Waals surface area (Å²) in [5.41, 5.74) is 2.21. The average Bonchev–Trinajstić information content (AvgIpc) is 2.73. The van der Waals surface area contributed by atoms with Crippen molar-refractivity contribution in [2.24, 2.45) is 0 Å². The summed E-state index contributed by atoms with van der Waals surface area (Å²) in [6, 6.07) is 12.7. The molecule has 0 atom stereocenters. The van der Waals surface area contributed by atoms with Gasteiger partial charge in [-0.05, 0) is 35.9 Å². The molecule has 1 aliphatic rings. The summed E-state index contributed by atoms with van der Waals surface area (Å²) in [4.78, 5) is 24.9. The Balaban J connectivity index is 1.70. The minimum Gasteiger partial charge on any atom is -0.348 e. The van der Waals surface area contributed by atoms with Gasteiger partial charge in [0.1, 0.15) is 0 Å². The fourth-order valence-electron chi connectivity index (χ4n) is 2.25. The van der Waals surface area contributed by atoms with Crippen LogP contribution in [0.4, 0.5) is 5.69 Å². The number of hydrogen-bond donors (Lipinski definition) is 2. The topological polar surface area (TPSA) is 58.2 Å². The van der Waals surface area contributed by atoms with Crippen LogP contribution in [0, 0.1) is 0 Å². The molecule has 1 aliphatic heterocycles. The van der Waals surface area contributed by atoms with E-state index in [0.717, 1.165) is 16.2 Å². The molecule has 23 heavy (non-hydrogen) atoms. The molecule has 0 radical (unpaired) electrons. The summed E-state index contributed by atoms with van der Waals surface area (Å²) in [5, 5.41) is 6.38. The smallest absolute Gasteiger partial charge is 0.251 e. The second kappa shape index (κ2) is 7.06. The van der Waals surface area contributed by atoms with Gasteiger partial charge in [-0.1, -0.05) is 23.7 Å². The predicted octanol–water partition coefficient (Wildman–Crippen LogP) is 3.70. The Hall–Kier alpha value is -1.98. The maximum Gasteiger partial charge on any atom is 0.251 e. The summed E-state index contributed by atoms with van der Waals surface area (Å²) in [7, 11) is 0. The molecule has 118 valence electrons. The van der Waals surface area contributed by atoms with Crippen LogP contribution in [0.15, 0.2) is 47.4 Å². The van der Waals surface area contributed by atoms with Crippen molar-refractivity contribution in [3.05, 3.63) is 58.6 Å². The Morgan fingerprint density at radius 2 is 2.00 bits per heavy atom. The van der Waals surface area contributed by atoms with E-state index in [1.54, 1.807) is 36.0 Å². The van der Waals surface area contributed by atoms with Gasteiger partial charge < -0.3 is 10.6 Å². The number of anilines is 1. The van der Waals surface area contributed by atoms with Gasteiger partial charge in [0.25, 0.3) is 5.91 Å². The zero-order chi connectivity index (χ0) is 16.2. The highest BCUT2D eigenvalue weighted by Crippen LogP contribution is 2.31. The third-order valence-electron chi connectivity index (χ3n) is 3.47. The van der Waals surface area contributed by atoms with Crippen LogP contribution in [-0.4, -0.2) is 17.6 Å². The number of thioether (sulfide) groups is 1. The lowest BCUT2D eigenvalue weighted by molar-refractivity contribution is -0.115. The van der Waals surface area contributed by atoms with Gasteiger partial charge >= 0.3 is 0 Å². The molecule has 0 aromatic heterocycles. The van der Waals surface area contributed by atoms with Crippen LogP contribution < -0.4 is 10.6 Å². The highest BCUT2D eigenvalue weighted by Gasteiger charge is 2.15. The van der Waals surface area contributed by atoms with E-state index in [4.69, 9.17) is 11.6 Å². The molecule has 0 saturated heterocycles. The standard InChI is InChI=1S/C17H15ClN2O2S/c18-13-4-1-11(2-5-13)10-19-17(22)12-3-6-15-14(9-12)20-16(21)7-8-23-15/h1-6,9H,7-8,10H2,(H,19,22)(H,20,21). The first-order chi connectivity index (χ1) is 11.1. The second-order valence-electron chi connectivity index (χ2n) is 5.17. The Bertz CT molecular complexity index is 747. The number of rotatable bonds is 3. The first kappa shape index (κ1) is 15.9. The lowest BCUT2D eigenvalue weighted by Gasteiger charge is -2.10. The fraction of sp³-hybridized carbons (Fsp3) is 0.176. The van der Waals surface area contributed by atoms with Crippen LogP contribution in [0.1, 0.15) is 22.3 Å². The van der Waals surface area contributed by atoms with E-state index in [2.05, 4.69) is 10.6 Å². The lowest BCUT2D eigenvalue weighted by Crippen LogP contribution is -2.23. The van der Waals surface area contributed by atoms with Crippen molar-refractivity contribution in [2.45, 2.75) is 17.9 Å². The van der Waals surface area contributed by atoms with E-state index in [1.807, 2.05) is 18.2 Å². The average molecular weight is 347 g/mol. The first-order valence-electron chi connectivity index (χ1n) is 7.21. The second-order valence-corrected chi connectivity index (χ2v) is 6.74. The largest absolute Gasteiger partial charge is 0.348 e. The van der Waals surface area contributed by atoms with Crippen molar-refractivity contribution in [3.63, 3.8) is 0 Å². The molecule has 0 fully saturated rings. The van der Waals surface area contributed by atoms with Crippen LogP contribution in [0.5, 0.6) is 0 Å². The Labute approximate surface area is 143 Å². The summed E-state index contributed by atoms with van der Waals surface area (Å²) in [5.74, 6) is 0.558. The van der Waals surface area contributed by atoms with Gasteiger partial charge in [0.2, 0.25) is 5.91 Å². The van der Waals surface area contributed by atoms with Crippen molar-refractivity contribution in [1.82, 2.24) is 5.32 Å². The van der Waals surface area contributed by atoms with Crippen molar-refractivity contribution in [1.29, 1.82) is 0 Å². The number of carbonyl (C=O) groups excluding carboxylic acids is 2. The number of carbonyl (C=O) groups is 2. The highest BCUT2D eigenvalue weighted by atomic mass is 35.5. The van der Waals surface area contributed by atoms with Crippen LogP contribution in [0.25, 0.3) is 0 Å². The number of amides is 2. The molecule has 2 amide bonds. The predicted molar refractivity (Wildman–Crippen MR) is 93.0 cm³/mol. The minimum absolute atomic E-state index is 0.0185. The molecule has 4 nitrogen and oxygen atoms in total. The van der Waals surface area contributed by atoms with Crippen LogP contribution in [0.2, 0.25) is 5.02 Å². The van der Waals surface area contributed by atoms with Crippen LogP contribution in [-0.2, 0) is 11.3 Å². The molecular formula is C17H15ClN2O2S. The van der Waals surface area contributed by atoms with Crippen molar-refractivity contribution in [3.8, 4) is 0 Å². The number of hydrogen-bond acceptors (Lipinski definition) is 3. The molecular weight excluding hydrogens is 332 g/mol. The maximum atomic E-state index is 12.3. The Kier molecular flexibility index (Phi) is 4.88. The molecule has 0 bridgehead atoms. The summed E-state index contributed by atoms with van der Waals surface area (Å²) in [6.07, 6.45) is 0.484. The fourth-order valence-corrected chi connectivity index (χ4v) is 3.31. The zero-order valence-corrected chi connectivity index (χ0v) is 13.8. The van der Waals surface area contributed by atoms with Gasteiger partial charge in [-0.2, -0.15) is 0 Å². The monoisotopic (exact) mass is 346 g/mol. The van der Waals surface area contributed by atoms with E-state index >= 15 is 0 Å². The van der Waals surface area contributed by atoms with Gasteiger partial charge in [0.15, 0.2) is 0 Å². The first-order valence-corrected chi connectivity index (χ1v) is 8.57. The molecule has 1 heterocycles. The molecule has 2 aromatic rings. The Morgan fingerprint density at radius 3 is 2.78 bits per heavy atom. The van der Waals surface area contributed by atoms with E-state index in [-0.39, 0.29) is 11.8 Å². The number of fused-ring (bicyclic) bond motifs is 1. The number of benzene rings is 2. The van der Waals surface area contributed by atoms with Gasteiger partial charge in [-0.15, -0.1) is 11.8 Å². The van der Waals surface area contributed by atoms with Gasteiger partial charge in [0.05, 0.1) is 5.69 Å². The molecule has 0 aliphatic carbocycles. The van der Waals surface area contributed by atoms with Gasteiger partial charge in [-0.25, -0.2) is 0 Å². The van der Waals surface area contributed by atoms with Crippen molar-refractivity contribution < 1.29 is 9.59 Å². The summed E-state index contributed by atoms with van der Waals surface area (Å²) < 4.78 is 0. The lowest BCUT2D eigenvalue weighted by atomic mass is 10.1. The van der Waals surface area contributed by atoms with Gasteiger partial charge in [-0.3, -0.25) is 9.59 Å². The minimum atomic E-state index is -0.175. The summed E-state index contributed by atoms with van der Waals surface area (Å²) in [6.45, 7) is 0.425. The molecule has 0 saturated carbocycles. The molecule has 0 spiro atoms. The van der Waals surface area contributed by atoms with E-state index in [9.17, 15) is 9.59 Å². The molecule has 6 heteroatoms. The number of halogens is 1. The molecule has 3 rings (SSSR count). The molecule has 2 aromatic carbocycles. The zero-order valence-electron chi connectivity index (χ0n) is 12.3. The Morgan fingerprint density at radius 1 is 1.22 bits per heavy atom. The number of nitrogens with one attached hydrogen (secondary N) is 2. The van der Waals surface area contributed by atoms with E-state index < -0.39 is 0 Å². The van der Waals surface area contributed by atoms with Crippen molar-refractivity contribution >= 4 is 40.9 Å². The van der Waals surface area contributed by atoms with Gasteiger partial charge in [0, 0.05) is 34.2 Å². The SMILES string of the molecule is O=C1CCSc2ccc(C(=O)NCc3ccc(Cl)cc3)cc2N1. The maximum absolute atomic E-state index is 12.3. The third kappa shape index (κ3) is 4.06. The van der Waals surface area contributed by atoms with Crippen LogP contribution >= 0.6 is 23.4 Å². The normalized spacial score (nSPS) is 13.7.